The van der Waals surface area contributed by atoms with E-state index in [2.05, 4.69) is 4.74 Å². The lowest BCUT2D eigenvalue weighted by Gasteiger charge is -2.44. The molecule has 0 aliphatic rings. The van der Waals surface area contributed by atoms with E-state index in [0.29, 0.717) is 5.57 Å². The van der Waals surface area contributed by atoms with E-state index in [9.17, 15) is 84.2 Å². The van der Waals surface area contributed by atoms with Crippen molar-refractivity contribution in [1.29, 1.82) is 0 Å². The van der Waals surface area contributed by atoms with Gasteiger partial charge >= 0.3 is 53.6 Å². The molecular formula is C30H39F17O4Si. The van der Waals surface area contributed by atoms with Crippen LogP contribution in [0.4, 0.5) is 74.6 Å². The molecule has 0 spiro atoms. The van der Waals surface area contributed by atoms with E-state index in [0.717, 1.165) is 6.08 Å². The van der Waals surface area contributed by atoms with E-state index in [4.69, 9.17) is 4.43 Å². The molecular weight excluding hydrogens is 775 g/mol. The Bertz CT molecular complexity index is 1270. The number of allylic oxidation sites excluding steroid dienone is 3. The highest BCUT2D eigenvalue weighted by molar-refractivity contribution is 6.76. The van der Waals surface area contributed by atoms with Crippen LogP contribution in [0.2, 0.25) is 17.1 Å². The Balaban J connectivity index is 6.51. The van der Waals surface area contributed by atoms with Crippen molar-refractivity contribution in [3.05, 3.63) is 23.8 Å². The van der Waals surface area contributed by atoms with Crippen molar-refractivity contribution in [3.8, 4) is 0 Å². The fourth-order valence-corrected chi connectivity index (χ4v) is 9.49. The third kappa shape index (κ3) is 9.63. The zero-order chi connectivity index (χ0) is 41.7. The number of hydrogen-bond acceptors (Lipinski definition) is 4. The molecule has 0 heterocycles. The number of rotatable bonds is 21. The minimum absolute atomic E-state index is 0.0332. The highest BCUT2D eigenvalue weighted by atomic mass is 28.4. The molecule has 0 aliphatic heterocycles. The predicted octanol–water partition coefficient (Wildman–Crippen LogP) is 11.2. The molecule has 306 valence electrons. The standard InChI is InChI=1S/C30H39F17O4Si/c1-8-20(14-19(7)10-11-21(48)15-22(49)50-9-2)16-51-52(17(3)4,18(5)6)13-12-23(31,32)24(33,34)25(35,36)26(37,38)27(39,40)28(41,42)29(43,44)30(45,46)47/h10-11,14,17-18,20H,8-9,12-13,15-16H2,1-7H3/b11-10+,19-14+/t20-/m0/s1. The number of esters is 1. The van der Waals surface area contributed by atoms with Gasteiger partial charge in [0.15, 0.2) is 14.1 Å². The summed E-state index contributed by atoms with van der Waals surface area (Å²) in [5, 5.41) is 0. The van der Waals surface area contributed by atoms with Crippen molar-refractivity contribution in [2.45, 2.75) is 132 Å². The molecule has 0 N–H and O–H groups in total. The number of ketones is 1. The molecule has 1 atom stereocenters. The van der Waals surface area contributed by atoms with Crippen LogP contribution in [0.1, 0.15) is 67.7 Å². The second-order valence-electron chi connectivity index (χ2n) is 12.6. The first-order valence-electron chi connectivity index (χ1n) is 15.4. The van der Waals surface area contributed by atoms with Crippen molar-refractivity contribution in [2.75, 3.05) is 13.2 Å². The summed E-state index contributed by atoms with van der Waals surface area (Å²) in [6.07, 6.45) is -6.77. The fraction of sp³-hybridized carbons (Fsp3) is 0.800. The van der Waals surface area contributed by atoms with Gasteiger partial charge in [-0.25, -0.2) is 0 Å². The van der Waals surface area contributed by atoms with Crippen LogP contribution in [0, 0.1) is 5.92 Å². The Morgan fingerprint density at radius 3 is 1.46 bits per heavy atom. The van der Waals surface area contributed by atoms with Crippen LogP contribution < -0.4 is 0 Å². The van der Waals surface area contributed by atoms with Gasteiger partial charge in [0.2, 0.25) is 0 Å². The number of ether oxygens (including phenoxy) is 1. The summed E-state index contributed by atoms with van der Waals surface area (Å²) in [6, 6.07) is -1.29. The molecule has 0 aliphatic carbocycles. The molecule has 0 unspecified atom stereocenters. The molecule has 0 fully saturated rings. The van der Waals surface area contributed by atoms with Crippen LogP contribution in [-0.4, -0.2) is 80.9 Å². The largest absolute Gasteiger partial charge is 0.466 e. The van der Waals surface area contributed by atoms with Gasteiger partial charge in [-0.3, -0.25) is 9.59 Å². The quantitative estimate of drug-likeness (QED) is 0.0289. The van der Waals surface area contributed by atoms with Crippen LogP contribution >= 0.6 is 0 Å². The molecule has 0 amide bonds. The maximum atomic E-state index is 14.9. The first kappa shape index (κ1) is 49.6. The molecule has 52 heavy (non-hydrogen) atoms. The van der Waals surface area contributed by atoms with Gasteiger partial charge in [0.05, 0.1) is 6.61 Å². The summed E-state index contributed by atoms with van der Waals surface area (Å²) in [5.41, 5.74) is -1.26. The lowest BCUT2D eigenvalue weighted by Crippen LogP contribution is -2.74. The topological polar surface area (TPSA) is 52.6 Å². The van der Waals surface area contributed by atoms with Gasteiger partial charge < -0.3 is 9.16 Å². The van der Waals surface area contributed by atoms with Gasteiger partial charge in [-0.1, -0.05) is 52.3 Å². The zero-order valence-electron chi connectivity index (χ0n) is 28.8. The number of carbonyl (C=O) groups is 2. The van der Waals surface area contributed by atoms with E-state index in [1.54, 1.807) is 6.92 Å². The smallest absolute Gasteiger partial charge is 0.460 e. The summed E-state index contributed by atoms with van der Waals surface area (Å²) >= 11 is 0. The Hall–Kier alpha value is -2.39. The first-order valence-corrected chi connectivity index (χ1v) is 17.7. The first-order chi connectivity index (χ1) is 23.0. The average Bonchev–Trinajstić information content (AvgIpc) is 2.97. The molecule has 0 bridgehead atoms. The molecule has 22 heteroatoms. The van der Waals surface area contributed by atoms with Gasteiger partial charge in [-0.05, 0) is 49.4 Å². The summed E-state index contributed by atoms with van der Waals surface area (Å²) in [4.78, 5) is 23.4. The fourth-order valence-electron chi connectivity index (χ4n) is 4.97. The van der Waals surface area contributed by atoms with Crippen molar-refractivity contribution >= 4 is 20.1 Å². The van der Waals surface area contributed by atoms with E-state index in [-0.39, 0.29) is 19.6 Å². The third-order valence-corrected chi connectivity index (χ3v) is 14.0. The van der Waals surface area contributed by atoms with Crippen molar-refractivity contribution in [3.63, 3.8) is 0 Å². The van der Waals surface area contributed by atoms with E-state index in [1.165, 1.54) is 53.7 Å². The minimum atomic E-state index is -8.68. The lowest BCUT2D eigenvalue weighted by molar-refractivity contribution is -0.461. The maximum Gasteiger partial charge on any atom is 0.460 e. The maximum absolute atomic E-state index is 14.9. The Morgan fingerprint density at radius 2 is 1.08 bits per heavy atom. The monoisotopic (exact) mass is 814 g/mol. The van der Waals surface area contributed by atoms with Crippen LogP contribution in [0.3, 0.4) is 0 Å². The second kappa shape index (κ2) is 17.0. The third-order valence-electron chi connectivity index (χ3n) is 8.32. The molecule has 0 rings (SSSR count). The van der Waals surface area contributed by atoms with Crippen molar-refractivity contribution in [2.24, 2.45) is 5.92 Å². The van der Waals surface area contributed by atoms with Gasteiger partial charge in [-0.2, -0.15) is 74.6 Å². The normalized spacial score (nSPS) is 15.9. The van der Waals surface area contributed by atoms with Gasteiger partial charge in [-0.15, -0.1) is 0 Å². The zero-order valence-corrected chi connectivity index (χ0v) is 29.8. The van der Waals surface area contributed by atoms with Gasteiger partial charge in [0.25, 0.3) is 0 Å². The van der Waals surface area contributed by atoms with E-state index >= 15 is 0 Å². The Labute approximate surface area is 289 Å². The predicted molar refractivity (Wildman–Crippen MR) is 155 cm³/mol. The van der Waals surface area contributed by atoms with Crippen LogP contribution in [0.5, 0.6) is 0 Å². The SMILES string of the molecule is CCOC(=O)CC(=O)/C=C/C(C)=C/[C@H](CC)CO[Si](CCC(F)(F)C(F)(F)C(F)(F)C(F)(F)C(F)(F)C(F)(F)C(F)(F)C(F)(F)F)(C(C)C)C(C)C. The summed E-state index contributed by atoms with van der Waals surface area (Å²) in [6.45, 7) is 9.69. The van der Waals surface area contributed by atoms with Crippen LogP contribution in [-0.2, 0) is 18.8 Å². The summed E-state index contributed by atoms with van der Waals surface area (Å²) < 4.78 is 245. The molecule has 0 aromatic heterocycles. The summed E-state index contributed by atoms with van der Waals surface area (Å²) in [5.74, 6) is -58.7. The molecule has 0 radical (unpaired) electrons. The van der Waals surface area contributed by atoms with E-state index in [1.807, 2.05) is 0 Å². The Kier molecular flexibility index (Phi) is 16.2. The summed E-state index contributed by atoms with van der Waals surface area (Å²) in [7, 11) is -3.94. The average molecular weight is 815 g/mol. The molecule has 4 nitrogen and oxygen atoms in total. The molecule has 0 saturated heterocycles. The van der Waals surface area contributed by atoms with Crippen molar-refractivity contribution in [1.82, 2.24) is 0 Å². The number of alkyl halides is 17. The minimum Gasteiger partial charge on any atom is -0.466 e. The molecule has 0 aromatic carbocycles. The highest BCUT2D eigenvalue weighted by Gasteiger charge is 2.95. The van der Waals surface area contributed by atoms with Gasteiger partial charge in [0, 0.05) is 13.0 Å². The number of hydrogen-bond donors (Lipinski definition) is 0. The Morgan fingerprint density at radius 1 is 0.654 bits per heavy atom. The van der Waals surface area contributed by atoms with Crippen LogP contribution in [0.15, 0.2) is 23.8 Å². The van der Waals surface area contributed by atoms with E-state index < -0.39 is 104 Å². The van der Waals surface area contributed by atoms with Crippen LogP contribution in [0.25, 0.3) is 0 Å². The molecule has 0 aromatic rings. The van der Waals surface area contributed by atoms with Crippen molar-refractivity contribution < 1.29 is 93.4 Å². The second-order valence-corrected chi connectivity index (χ2v) is 17.6. The molecule has 0 saturated carbocycles. The number of carbonyl (C=O) groups excluding carboxylic acids is 2. The van der Waals surface area contributed by atoms with Gasteiger partial charge in [0.1, 0.15) is 6.42 Å². The number of halogens is 17. The highest BCUT2D eigenvalue weighted by Crippen LogP contribution is 2.64. The lowest BCUT2D eigenvalue weighted by atomic mass is 9.88.